The van der Waals surface area contributed by atoms with Crippen LogP contribution in [0.2, 0.25) is 0 Å². The fourth-order valence-corrected chi connectivity index (χ4v) is 2.42. The maximum Gasteiger partial charge on any atom is 0.245 e. The van der Waals surface area contributed by atoms with Crippen molar-refractivity contribution >= 4 is 15.7 Å². The van der Waals surface area contributed by atoms with Crippen LogP contribution < -0.4 is 10.5 Å². The number of aliphatic hydroxyl groups is 1. The van der Waals surface area contributed by atoms with Crippen molar-refractivity contribution in [2.24, 2.45) is 0 Å². The van der Waals surface area contributed by atoms with E-state index in [0.29, 0.717) is 0 Å². The van der Waals surface area contributed by atoms with E-state index in [1.807, 2.05) is 0 Å². The van der Waals surface area contributed by atoms with E-state index in [4.69, 9.17) is 10.8 Å². The highest BCUT2D eigenvalue weighted by molar-refractivity contribution is 7.89. The van der Waals surface area contributed by atoms with Crippen molar-refractivity contribution in [3.63, 3.8) is 0 Å². The second-order valence-electron chi connectivity index (χ2n) is 3.36. The molecule has 0 aromatic heterocycles. The first-order valence-corrected chi connectivity index (χ1v) is 6.04. The van der Waals surface area contributed by atoms with Gasteiger partial charge in [0.25, 0.3) is 0 Å². The average molecular weight is 248 g/mol. The third-order valence-electron chi connectivity index (χ3n) is 1.83. The Bertz CT molecular complexity index is 453. The van der Waals surface area contributed by atoms with Crippen LogP contribution in [-0.4, -0.2) is 26.2 Å². The highest BCUT2D eigenvalue weighted by Crippen LogP contribution is 2.21. The van der Waals surface area contributed by atoms with Gasteiger partial charge in [-0.05, 0) is 19.1 Å². The summed E-state index contributed by atoms with van der Waals surface area (Å²) in [5.41, 5.74) is 5.22. The molecule has 16 heavy (non-hydrogen) atoms. The quantitative estimate of drug-likeness (QED) is 0.657. The zero-order chi connectivity index (χ0) is 12.3. The van der Waals surface area contributed by atoms with Crippen molar-refractivity contribution < 1.29 is 17.9 Å². The van der Waals surface area contributed by atoms with Crippen LogP contribution in [0.25, 0.3) is 0 Å². The lowest BCUT2D eigenvalue weighted by Crippen LogP contribution is -2.31. The van der Waals surface area contributed by atoms with Crippen LogP contribution in [-0.2, 0) is 10.0 Å². The molecule has 1 rings (SSSR count). The number of aliphatic hydroxyl groups excluding tert-OH is 1. The zero-order valence-corrected chi connectivity index (χ0v) is 9.46. The van der Waals surface area contributed by atoms with Gasteiger partial charge in [0.05, 0.1) is 11.8 Å². The molecule has 0 unspecified atom stereocenters. The fraction of sp³-hybridized carbons (Fsp3) is 0.333. The van der Waals surface area contributed by atoms with Gasteiger partial charge in [0.15, 0.2) is 0 Å². The number of nitrogens with one attached hydrogen (secondary N) is 1. The van der Waals surface area contributed by atoms with E-state index in [1.165, 1.54) is 19.1 Å². The van der Waals surface area contributed by atoms with Crippen molar-refractivity contribution in [3.8, 4) is 0 Å². The summed E-state index contributed by atoms with van der Waals surface area (Å²) >= 11 is 0. The number of rotatable bonds is 4. The molecule has 0 radical (unpaired) electrons. The summed E-state index contributed by atoms with van der Waals surface area (Å²) in [6.45, 7) is 1.21. The number of nitrogens with two attached hydrogens (primary N) is 1. The topological polar surface area (TPSA) is 92.4 Å². The lowest BCUT2D eigenvalue weighted by atomic mass is 10.3. The van der Waals surface area contributed by atoms with Gasteiger partial charge in [-0.3, -0.25) is 0 Å². The highest BCUT2D eigenvalue weighted by atomic mass is 32.2. The molecule has 0 amide bonds. The highest BCUT2D eigenvalue weighted by Gasteiger charge is 2.21. The Labute approximate surface area is 93.1 Å². The van der Waals surface area contributed by atoms with Crippen LogP contribution in [0.15, 0.2) is 23.1 Å². The van der Waals surface area contributed by atoms with E-state index in [9.17, 15) is 12.8 Å². The first-order chi connectivity index (χ1) is 7.34. The van der Waals surface area contributed by atoms with Crippen LogP contribution in [0.1, 0.15) is 6.92 Å². The first-order valence-electron chi connectivity index (χ1n) is 4.56. The molecule has 1 aromatic carbocycles. The Morgan fingerprint density at radius 3 is 2.69 bits per heavy atom. The van der Waals surface area contributed by atoms with Crippen LogP contribution in [0.5, 0.6) is 0 Å². The molecule has 0 aliphatic carbocycles. The van der Waals surface area contributed by atoms with Crippen LogP contribution >= 0.6 is 0 Å². The second-order valence-corrected chi connectivity index (χ2v) is 5.06. The largest absolute Gasteiger partial charge is 0.398 e. The summed E-state index contributed by atoms with van der Waals surface area (Å²) in [5, 5.41) is 8.95. The van der Waals surface area contributed by atoms with Crippen molar-refractivity contribution in [1.82, 2.24) is 4.72 Å². The minimum atomic E-state index is -4.03. The van der Waals surface area contributed by atoms with Crippen molar-refractivity contribution in [3.05, 3.63) is 24.0 Å². The van der Waals surface area contributed by atoms with Gasteiger partial charge >= 0.3 is 0 Å². The molecular weight excluding hydrogens is 235 g/mol. The monoisotopic (exact) mass is 248 g/mol. The van der Waals surface area contributed by atoms with Gasteiger partial charge in [-0.25, -0.2) is 17.5 Å². The number of hydrogen-bond acceptors (Lipinski definition) is 4. The lowest BCUT2D eigenvalue weighted by Gasteiger charge is -2.10. The summed E-state index contributed by atoms with van der Waals surface area (Å²) in [7, 11) is -4.03. The van der Waals surface area contributed by atoms with Gasteiger partial charge in [0.1, 0.15) is 10.7 Å². The van der Waals surface area contributed by atoms with Gasteiger partial charge in [0.2, 0.25) is 10.0 Å². The smallest absolute Gasteiger partial charge is 0.245 e. The predicted molar refractivity (Wildman–Crippen MR) is 57.7 cm³/mol. The van der Waals surface area contributed by atoms with Crippen LogP contribution in [0.3, 0.4) is 0 Å². The van der Waals surface area contributed by atoms with Crippen molar-refractivity contribution in [2.45, 2.75) is 17.9 Å². The number of benzene rings is 1. The average Bonchev–Trinajstić information content (AvgIpc) is 2.14. The Kier molecular flexibility index (Phi) is 3.84. The molecule has 7 heteroatoms. The van der Waals surface area contributed by atoms with Crippen LogP contribution in [0, 0.1) is 5.82 Å². The molecule has 0 spiro atoms. The molecule has 1 atom stereocenters. The normalized spacial score (nSPS) is 13.7. The van der Waals surface area contributed by atoms with Crippen LogP contribution in [0.4, 0.5) is 10.1 Å². The maximum atomic E-state index is 13.3. The lowest BCUT2D eigenvalue weighted by molar-refractivity contribution is 0.198. The van der Waals surface area contributed by atoms with Gasteiger partial charge in [-0.1, -0.05) is 6.07 Å². The first kappa shape index (κ1) is 12.9. The van der Waals surface area contributed by atoms with E-state index < -0.39 is 26.8 Å². The number of halogens is 1. The minimum Gasteiger partial charge on any atom is -0.398 e. The molecule has 0 heterocycles. The number of nitrogen functional groups attached to an aromatic ring is 1. The SMILES string of the molecule is C[C@@H](O)CNS(=O)(=O)c1c(N)cccc1F. The summed E-state index contributed by atoms with van der Waals surface area (Å²) in [4.78, 5) is -0.587. The fourth-order valence-electron chi connectivity index (χ4n) is 1.11. The Hall–Kier alpha value is -1.18. The zero-order valence-electron chi connectivity index (χ0n) is 8.64. The van der Waals surface area contributed by atoms with Gasteiger partial charge in [0, 0.05) is 6.54 Å². The number of hydrogen-bond donors (Lipinski definition) is 3. The summed E-state index contributed by atoms with van der Waals surface area (Å²) < 4.78 is 38.6. The second kappa shape index (κ2) is 4.77. The van der Waals surface area contributed by atoms with Gasteiger partial charge < -0.3 is 10.8 Å². The predicted octanol–water partition coefficient (Wildman–Crippen LogP) is 0.0670. The molecule has 1 aromatic rings. The van der Waals surface area contributed by atoms with Crippen molar-refractivity contribution in [1.29, 1.82) is 0 Å². The minimum absolute atomic E-state index is 0.168. The molecule has 0 aliphatic heterocycles. The van der Waals surface area contributed by atoms with Gasteiger partial charge in [-0.2, -0.15) is 0 Å². The Morgan fingerprint density at radius 1 is 1.56 bits per heavy atom. The summed E-state index contributed by atoms with van der Waals surface area (Å²) in [6.07, 6.45) is -0.859. The van der Waals surface area contributed by atoms with E-state index >= 15 is 0 Å². The Morgan fingerprint density at radius 2 is 2.19 bits per heavy atom. The molecule has 0 bridgehead atoms. The Balaban J connectivity index is 3.08. The molecule has 0 aliphatic rings. The van der Waals surface area contributed by atoms with E-state index in [-0.39, 0.29) is 12.2 Å². The van der Waals surface area contributed by atoms with E-state index in [0.717, 1.165) is 6.07 Å². The molecule has 4 N–H and O–H groups in total. The molecule has 0 fully saturated rings. The molecule has 0 saturated heterocycles. The standard InChI is InChI=1S/C9H13FN2O3S/c1-6(13)5-12-16(14,15)9-7(10)3-2-4-8(9)11/h2-4,6,12-13H,5,11H2,1H3/t6-/m1/s1. The van der Waals surface area contributed by atoms with E-state index in [1.54, 1.807) is 0 Å². The van der Waals surface area contributed by atoms with E-state index in [2.05, 4.69) is 4.72 Å². The molecule has 5 nitrogen and oxygen atoms in total. The summed E-state index contributed by atoms with van der Waals surface area (Å²) in [6, 6.07) is 3.62. The molecule has 90 valence electrons. The van der Waals surface area contributed by atoms with Gasteiger partial charge in [-0.15, -0.1) is 0 Å². The number of anilines is 1. The maximum absolute atomic E-state index is 13.3. The number of sulfonamides is 1. The molecule has 0 saturated carbocycles. The third kappa shape index (κ3) is 2.91. The summed E-state index contributed by atoms with van der Waals surface area (Å²) in [5.74, 6) is -0.918. The van der Waals surface area contributed by atoms with Crippen molar-refractivity contribution in [2.75, 3.05) is 12.3 Å². The third-order valence-corrected chi connectivity index (χ3v) is 3.35. The molecular formula is C9H13FN2O3S.